The van der Waals surface area contributed by atoms with Gasteiger partial charge in [0.25, 0.3) is 0 Å². The van der Waals surface area contributed by atoms with Gasteiger partial charge in [-0.2, -0.15) is 4.98 Å². The first-order valence-corrected chi connectivity index (χ1v) is 10.8. The Morgan fingerprint density at radius 3 is 2.68 bits per heavy atom. The molecule has 0 unspecified atom stereocenters. The summed E-state index contributed by atoms with van der Waals surface area (Å²) in [6.45, 7) is 6.71. The van der Waals surface area contributed by atoms with E-state index >= 15 is 0 Å². The number of hydrogen-bond acceptors (Lipinski definition) is 7. The molecule has 3 heterocycles. The van der Waals surface area contributed by atoms with Gasteiger partial charge in [-0.15, -0.1) is 0 Å². The second kappa shape index (κ2) is 9.82. The Kier molecular flexibility index (Phi) is 6.71. The predicted molar refractivity (Wildman–Crippen MR) is 119 cm³/mol. The number of morpholine rings is 1. The number of nitrogens with one attached hydrogen (secondary N) is 2. The van der Waals surface area contributed by atoms with E-state index in [1.807, 2.05) is 43.5 Å². The topological polar surface area (TPSA) is 91.9 Å². The molecular weight excluding hydrogens is 396 g/mol. The smallest absolute Gasteiger partial charge is 0.315 e. The average molecular weight is 427 g/mol. The Labute approximate surface area is 182 Å². The Hall–Kier alpha value is -3.07. The van der Waals surface area contributed by atoms with E-state index in [2.05, 4.69) is 25.4 Å². The van der Waals surface area contributed by atoms with Crippen LogP contribution in [-0.2, 0) is 4.74 Å². The quantitative estimate of drug-likeness (QED) is 0.730. The molecule has 2 aromatic rings. The molecule has 2 aliphatic rings. The zero-order valence-corrected chi connectivity index (χ0v) is 18.1. The standard InChI is InChI=1S/C22H30N6O3/c1-16(25-22(29)23-2)17-3-5-18(6-4-17)31-19-8-10-28(15-19)20-7-9-24-21(26-20)27-11-13-30-14-12-27/h3-7,9,16,19H,8,10-15H2,1-2H3,(H2,23,25,29)/t16-,19+/m0/s1. The molecule has 2 amide bonds. The number of carbonyl (C=O) groups is 1. The Morgan fingerprint density at radius 2 is 1.94 bits per heavy atom. The van der Waals surface area contributed by atoms with Gasteiger partial charge < -0.3 is 29.9 Å². The molecule has 2 aliphatic heterocycles. The van der Waals surface area contributed by atoms with Gasteiger partial charge >= 0.3 is 6.03 Å². The molecule has 9 nitrogen and oxygen atoms in total. The van der Waals surface area contributed by atoms with Crippen molar-refractivity contribution in [3.8, 4) is 5.75 Å². The molecular formula is C22H30N6O3. The molecule has 1 aromatic carbocycles. The van der Waals surface area contributed by atoms with Crippen LogP contribution in [-0.4, -0.2) is 68.5 Å². The second-order valence-corrected chi connectivity index (χ2v) is 7.80. The van der Waals surface area contributed by atoms with Crippen LogP contribution in [0.5, 0.6) is 5.75 Å². The predicted octanol–water partition coefficient (Wildman–Crippen LogP) is 1.96. The molecule has 4 rings (SSSR count). The highest BCUT2D eigenvalue weighted by atomic mass is 16.5. The number of ether oxygens (including phenoxy) is 2. The largest absolute Gasteiger partial charge is 0.489 e. The summed E-state index contributed by atoms with van der Waals surface area (Å²) >= 11 is 0. The summed E-state index contributed by atoms with van der Waals surface area (Å²) < 4.78 is 11.6. The normalized spacial score (nSPS) is 19.7. The molecule has 31 heavy (non-hydrogen) atoms. The number of hydrogen-bond donors (Lipinski definition) is 2. The molecule has 2 saturated heterocycles. The van der Waals surface area contributed by atoms with Crippen molar-refractivity contribution >= 4 is 17.8 Å². The Bertz CT molecular complexity index is 872. The van der Waals surface area contributed by atoms with Crippen molar-refractivity contribution in [3.05, 3.63) is 42.1 Å². The number of benzene rings is 1. The third-order valence-electron chi connectivity index (χ3n) is 5.65. The van der Waals surface area contributed by atoms with Crippen LogP contribution in [0.3, 0.4) is 0 Å². The highest BCUT2D eigenvalue weighted by Gasteiger charge is 2.26. The van der Waals surface area contributed by atoms with Gasteiger partial charge in [-0.05, 0) is 30.7 Å². The van der Waals surface area contributed by atoms with Gasteiger partial charge in [-0.3, -0.25) is 0 Å². The van der Waals surface area contributed by atoms with Gasteiger partial charge in [0.2, 0.25) is 5.95 Å². The minimum absolute atomic E-state index is 0.0746. The molecule has 0 aliphatic carbocycles. The molecule has 0 radical (unpaired) electrons. The molecule has 2 N–H and O–H groups in total. The van der Waals surface area contributed by atoms with Crippen molar-refractivity contribution in [2.75, 3.05) is 56.2 Å². The lowest BCUT2D eigenvalue weighted by Crippen LogP contribution is -2.37. The number of amides is 2. The van der Waals surface area contributed by atoms with E-state index in [4.69, 9.17) is 14.5 Å². The SMILES string of the molecule is CNC(=O)N[C@@H](C)c1ccc(O[C@@H]2CCN(c3ccnc(N4CCOCC4)n3)C2)cc1. The van der Waals surface area contributed by atoms with Crippen LogP contribution in [0, 0.1) is 0 Å². The van der Waals surface area contributed by atoms with Crippen molar-refractivity contribution in [1.29, 1.82) is 0 Å². The van der Waals surface area contributed by atoms with Gasteiger partial charge in [-0.25, -0.2) is 9.78 Å². The number of anilines is 2. The summed E-state index contributed by atoms with van der Waals surface area (Å²) in [5, 5.41) is 5.44. The van der Waals surface area contributed by atoms with Crippen LogP contribution >= 0.6 is 0 Å². The highest BCUT2D eigenvalue weighted by molar-refractivity contribution is 5.73. The molecule has 2 atom stereocenters. The van der Waals surface area contributed by atoms with E-state index in [9.17, 15) is 4.79 Å². The first-order chi connectivity index (χ1) is 15.1. The van der Waals surface area contributed by atoms with Crippen molar-refractivity contribution in [2.24, 2.45) is 0 Å². The third-order valence-corrected chi connectivity index (χ3v) is 5.65. The second-order valence-electron chi connectivity index (χ2n) is 7.80. The summed E-state index contributed by atoms with van der Waals surface area (Å²) in [5.41, 5.74) is 1.03. The summed E-state index contributed by atoms with van der Waals surface area (Å²) in [6.07, 6.45) is 2.87. The maximum absolute atomic E-state index is 11.5. The van der Waals surface area contributed by atoms with Gasteiger partial charge in [0, 0.05) is 39.3 Å². The van der Waals surface area contributed by atoms with Crippen molar-refractivity contribution < 1.29 is 14.3 Å². The fourth-order valence-corrected chi connectivity index (χ4v) is 3.84. The molecule has 0 saturated carbocycles. The molecule has 1 aromatic heterocycles. The number of rotatable bonds is 6. The van der Waals surface area contributed by atoms with Gasteiger partial charge in [-0.1, -0.05) is 12.1 Å². The van der Waals surface area contributed by atoms with E-state index in [0.29, 0.717) is 13.2 Å². The van der Waals surface area contributed by atoms with E-state index in [1.54, 1.807) is 7.05 Å². The van der Waals surface area contributed by atoms with Crippen LogP contribution in [0.25, 0.3) is 0 Å². The van der Waals surface area contributed by atoms with Crippen molar-refractivity contribution in [1.82, 2.24) is 20.6 Å². The van der Waals surface area contributed by atoms with Gasteiger partial charge in [0.05, 0.1) is 25.8 Å². The maximum Gasteiger partial charge on any atom is 0.315 e. The van der Waals surface area contributed by atoms with Crippen LogP contribution in [0.15, 0.2) is 36.5 Å². The highest BCUT2D eigenvalue weighted by Crippen LogP contribution is 2.25. The van der Waals surface area contributed by atoms with Crippen LogP contribution in [0.4, 0.5) is 16.6 Å². The molecule has 166 valence electrons. The van der Waals surface area contributed by atoms with Crippen LogP contribution < -0.4 is 25.2 Å². The number of nitrogens with zero attached hydrogens (tertiary/aromatic N) is 4. The zero-order chi connectivity index (χ0) is 21.6. The van der Waals surface area contributed by atoms with Crippen LogP contribution in [0.2, 0.25) is 0 Å². The first-order valence-electron chi connectivity index (χ1n) is 10.8. The lowest BCUT2D eigenvalue weighted by molar-refractivity contribution is 0.122. The van der Waals surface area contributed by atoms with E-state index in [1.165, 1.54) is 0 Å². The Balaban J connectivity index is 1.33. The summed E-state index contributed by atoms with van der Waals surface area (Å²) in [4.78, 5) is 25.1. The van der Waals surface area contributed by atoms with E-state index in [-0.39, 0.29) is 18.2 Å². The molecule has 9 heteroatoms. The molecule has 2 fully saturated rings. The van der Waals surface area contributed by atoms with Crippen LogP contribution in [0.1, 0.15) is 24.9 Å². The lowest BCUT2D eigenvalue weighted by Gasteiger charge is -2.27. The monoisotopic (exact) mass is 426 g/mol. The maximum atomic E-state index is 11.5. The molecule has 0 bridgehead atoms. The number of carbonyl (C=O) groups excluding carboxylic acids is 1. The van der Waals surface area contributed by atoms with Crippen molar-refractivity contribution in [2.45, 2.75) is 25.5 Å². The third kappa shape index (κ3) is 5.35. The first kappa shape index (κ1) is 21.2. The molecule has 0 spiro atoms. The van der Waals surface area contributed by atoms with Crippen molar-refractivity contribution in [3.63, 3.8) is 0 Å². The minimum Gasteiger partial charge on any atom is -0.489 e. The fraction of sp³-hybridized carbons (Fsp3) is 0.500. The summed E-state index contributed by atoms with van der Waals surface area (Å²) in [6, 6.07) is 9.59. The zero-order valence-electron chi connectivity index (χ0n) is 18.1. The van der Waals surface area contributed by atoms with Gasteiger partial charge in [0.1, 0.15) is 17.7 Å². The summed E-state index contributed by atoms with van der Waals surface area (Å²) in [5.74, 6) is 2.53. The van der Waals surface area contributed by atoms with E-state index < -0.39 is 0 Å². The fourth-order valence-electron chi connectivity index (χ4n) is 3.84. The Morgan fingerprint density at radius 1 is 1.16 bits per heavy atom. The minimum atomic E-state index is -0.194. The number of urea groups is 1. The van der Waals surface area contributed by atoms with E-state index in [0.717, 1.165) is 55.7 Å². The van der Waals surface area contributed by atoms with Gasteiger partial charge in [0.15, 0.2) is 0 Å². The average Bonchev–Trinajstić information content (AvgIpc) is 3.28. The lowest BCUT2D eigenvalue weighted by atomic mass is 10.1. The number of aromatic nitrogens is 2. The summed E-state index contributed by atoms with van der Waals surface area (Å²) in [7, 11) is 1.61.